The van der Waals surface area contributed by atoms with Crippen LogP contribution in [0, 0.1) is 13.8 Å². The number of amides is 2. The zero-order chi connectivity index (χ0) is 48.3. The number of ketones is 1. The van der Waals surface area contributed by atoms with Gasteiger partial charge in [-0.2, -0.15) is 0 Å². The molecular formula is C50H51Cl2N7O9. The molecule has 10 rings (SSSR count). The number of aromatic amines is 2. The Hall–Kier alpha value is -6.75. The maximum Gasteiger partial charge on any atom is 0.414 e. The first-order valence-electron chi connectivity index (χ1n) is 22.1. The summed E-state index contributed by atoms with van der Waals surface area (Å²) in [7, 11) is 4.00. The summed E-state index contributed by atoms with van der Waals surface area (Å²) in [6.45, 7) is 11.0. The molecule has 2 unspecified atom stereocenters. The minimum Gasteiger partial charge on any atom is -0.504 e. The lowest BCUT2D eigenvalue weighted by Gasteiger charge is -2.25. The van der Waals surface area contributed by atoms with E-state index in [2.05, 4.69) is 24.8 Å². The molecule has 18 heteroatoms. The third kappa shape index (κ3) is 8.91. The van der Waals surface area contributed by atoms with E-state index in [9.17, 15) is 24.6 Å². The summed E-state index contributed by atoms with van der Waals surface area (Å²) >= 11 is 12.4. The van der Waals surface area contributed by atoms with Gasteiger partial charge in [0.05, 0.1) is 17.1 Å². The molecule has 2 atom stereocenters. The number of phenols is 2. The van der Waals surface area contributed by atoms with Crippen LogP contribution in [0.1, 0.15) is 82.1 Å². The van der Waals surface area contributed by atoms with E-state index in [1.165, 1.54) is 11.0 Å². The number of aromatic nitrogens is 4. The Morgan fingerprint density at radius 2 is 1.32 bits per heavy atom. The Morgan fingerprint density at radius 3 is 1.91 bits per heavy atom. The highest BCUT2D eigenvalue weighted by Crippen LogP contribution is 2.47. The topological polar surface area (TPSA) is 203 Å². The molecule has 68 heavy (non-hydrogen) atoms. The third-order valence-electron chi connectivity index (χ3n) is 12.0. The first-order valence-corrected chi connectivity index (χ1v) is 23.2. The summed E-state index contributed by atoms with van der Waals surface area (Å²) in [5.74, 6) is 1.59. The molecule has 0 aliphatic carbocycles. The van der Waals surface area contributed by atoms with Gasteiger partial charge in [0.15, 0.2) is 40.2 Å². The number of fused-ring (bicyclic) bond motifs is 8. The van der Waals surface area contributed by atoms with E-state index in [1.807, 2.05) is 77.3 Å². The number of nitrogens with one attached hydrogen (secondary N) is 2. The summed E-state index contributed by atoms with van der Waals surface area (Å²) in [5.41, 5.74) is 7.25. The number of aryl methyl sites for hydroxylation is 2. The number of carbonyl (C=O) groups is 3. The van der Waals surface area contributed by atoms with Crippen LogP contribution in [0.25, 0.3) is 44.0 Å². The van der Waals surface area contributed by atoms with Crippen LogP contribution in [0.5, 0.6) is 17.2 Å². The van der Waals surface area contributed by atoms with Crippen molar-refractivity contribution in [2.24, 2.45) is 0 Å². The van der Waals surface area contributed by atoms with Crippen molar-refractivity contribution in [3.8, 4) is 17.2 Å². The van der Waals surface area contributed by atoms with E-state index in [-0.39, 0.29) is 47.3 Å². The van der Waals surface area contributed by atoms with Gasteiger partial charge in [-0.25, -0.2) is 14.8 Å². The first-order chi connectivity index (χ1) is 32.4. The van der Waals surface area contributed by atoms with Gasteiger partial charge in [0.1, 0.15) is 34.7 Å². The molecule has 0 saturated heterocycles. The van der Waals surface area contributed by atoms with Crippen molar-refractivity contribution in [3.05, 3.63) is 101 Å². The number of oxazole rings is 2. The van der Waals surface area contributed by atoms with Crippen LogP contribution in [0.2, 0.25) is 0 Å². The zero-order valence-corrected chi connectivity index (χ0v) is 40.1. The Labute approximate surface area is 400 Å². The van der Waals surface area contributed by atoms with Crippen molar-refractivity contribution < 1.29 is 42.9 Å². The number of alkyl halides is 2. The molecule has 0 bridgehead atoms. The molecule has 0 radical (unpaired) electrons. The number of halogens is 2. The van der Waals surface area contributed by atoms with Gasteiger partial charge in [0.2, 0.25) is 0 Å². The Balaban J connectivity index is 0.000000211. The van der Waals surface area contributed by atoms with Gasteiger partial charge in [-0.3, -0.25) is 14.5 Å². The molecule has 0 spiro atoms. The van der Waals surface area contributed by atoms with Gasteiger partial charge >= 0.3 is 6.09 Å². The number of anilines is 2. The largest absolute Gasteiger partial charge is 0.504 e. The van der Waals surface area contributed by atoms with Crippen molar-refractivity contribution in [2.45, 2.75) is 58.5 Å². The maximum absolute atomic E-state index is 13.8. The van der Waals surface area contributed by atoms with Gasteiger partial charge < -0.3 is 48.3 Å². The smallest absolute Gasteiger partial charge is 0.414 e. The number of aromatic hydroxyl groups is 2. The second kappa shape index (κ2) is 18.1. The molecule has 2 aliphatic rings. The van der Waals surface area contributed by atoms with E-state index in [0.717, 1.165) is 50.8 Å². The van der Waals surface area contributed by atoms with Crippen LogP contribution >= 0.6 is 23.2 Å². The number of H-pyrrole nitrogens is 2. The molecule has 6 heterocycles. The number of hydrogen-bond acceptors (Lipinski definition) is 12. The SMILES string of the molecule is Cc1nc2c3c(cc(O)c2o1)N(C(=O)OC(C)(C)C)CC3CCl.Cc1nc2c3c(cc(O)c2o1)N(C(=O)c1cc2cc(CC(=O)c4cc5cc(OCCN(C)C)ccc5[nH]4)ccc2[nH]1)CC3CCl. The summed E-state index contributed by atoms with van der Waals surface area (Å²) in [6, 6.07) is 18.2. The van der Waals surface area contributed by atoms with Crippen molar-refractivity contribution >= 4 is 96.4 Å². The number of nitrogens with zero attached hydrogens (tertiary/aromatic N) is 5. The van der Waals surface area contributed by atoms with Gasteiger partial charge in [0, 0.05) is 109 Å². The Morgan fingerprint density at radius 1 is 0.779 bits per heavy atom. The molecule has 4 aromatic heterocycles. The minimum absolute atomic E-state index is 0.0394. The average molecular weight is 965 g/mol. The number of rotatable bonds is 10. The average Bonchev–Trinajstić information content (AvgIpc) is 4.14. The highest BCUT2D eigenvalue weighted by atomic mass is 35.5. The molecule has 0 fully saturated rings. The lowest BCUT2D eigenvalue weighted by atomic mass is 10.0. The highest BCUT2D eigenvalue weighted by molar-refractivity contribution is 6.19. The van der Waals surface area contributed by atoms with Crippen LogP contribution in [0.4, 0.5) is 16.2 Å². The van der Waals surface area contributed by atoms with E-state index in [0.29, 0.717) is 82.3 Å². The molecule has 354 valence electrons. The van der Waals surface area contributed by atoms with Crippen molar-refractivity contribution in [2.75, 3.05) is 61.9 Å². The molecular weight excluding hydrogens is 913 g/mol. The van der Waals surface area contributed by atoms with Crippen LogP contribution in [0.3, 0.4) is 0 Å². The molecule has 4 N–H and O–H groups in total. The van der Waals surface area contributed by atoms with Gasteiger partial charge in [-0.05, 0) is 82.9 Å². The van der Waals surface area contributed by atoms with Gasteiger partial charge in [0.25, 0.3) is 5.91 Å². The van der Waals surface area contributed by atoms with Crippen molar-refractivity contribution in [1.29, 1.82) is 0 Å². The fourth-order valence-electron chi connectivity index (χ4n) is 8.89. The molecule has 2 aliphatic heterocycles. The number of ether oxygens (including phenoxy) is 2. The number of likely N-dealkylation sites (N-methyl/N-ethyl adjacent to an activating group) is 1. The second-order valence-corrected chi connectivity index (χ2v) is 19.1. The predicted octanol–water partition coefficient (Wildman–Crippen LogP) is 10.1. The van der Waals surface area contributed by atoms with Crippen molar-refractivity contribution in [3.63, 3.8) is 0 Å². The Bertz CT molecular complexity index is 3270. The summed E-state index contributed by atoms with van der Waals surface area (Å²) in [6.07, 6.45) is -0.266. The zero-order valence-electron chi connectivity index (χ0n) is 38.6. The van der Waals surface area contributed by atoms with Crippen LogP contribution < -0.4 is 14.5 Å². The number of carbonyl (C=O) groups excluding carboxylic acids is 3. The number of hydrogen-bond donors (Lipinski definition) is 4. The standard InChI is InChI=1S/C34H32ClN5O5.C16H19ClN2O4/c1-18-36-32-31-22(16-35)17-40(28(31)15-30(42)33(32)45-18)34(43)27-14-20-10-19(4-6-24(20)38-27)11-29(41)26-13-21-12-23(5-7-25(21)37-26)44-9-8-39(2)3;1-8-18-13-12-9(6-17)7-19(15(21)23-16(2,3)4)10(12)5-11(20)14(13)22-8/h4-7,10,12-15,22,37-38,42H,8-9,11,16-17H2,1-3H3;5,9,20H,6-7H2,1-4H3. The monoisotopic (exact) mass is 963 g/mol. The summed E-state index contributed by atoms with van der Waals surface area (Å²) in [5, 5.41) is 22.6. The molecule has 2 amide bonds. The van der Waals surface area contributed by atoms with Crippen LogP contribution in [-0.4, -0.2) is 111 Å². The quantitative estimate of drug-likeness (QED) is 0.0747. The first kappa shape index (κ1) is 46.4. The molecule has 0 saturated carbocycles. The summed E-state index contributed by atoms with van der Waals surface area (Å²) < 4.78 is 22.3. The van der Waals surface area contributed by atoms with E-state index < -0.39 is 11.7 Å². The van der Waals surface area contributed by atoms with Crippen LogP contribution in [-0.2, 0) is 11.2 Å². The fourth-order valence-corrected chi connectivity index (χ4v) is 9.39. The molecule has 8 aromatic rings. The molecule has 16 nitrogen and oxygen atoms in total. The molecule has 4 aromatic carbocycles. The van der Waals surface area contributed by atoms with Gasteiger partial charge in [-0.1, -0.05) is 6.07 Å². The highest BCUT2D eigenvalue weighted by Gasteiger charge is 2.39. The normalized spacial score (nSPS) is 15.7. The summed E-state index contributed by atoms with van der Waals surface area (Å²) in [4.78, 5) is 60.0. The number of phenolic OH excluding ortho intramolecular Hbond substituents is 2. The van der Waals surface area contributed by atoms with E-state index in [4.69, 9.17) is 41.5 Å². The Kier molecular flexibility index (Phi) is 12.3. The lowest BCUT2D eigenvalue weighted by Crippen LogP contribution is -2.36. The fraction of sp³-hybridized carbons (Fsp3) is 0.340. The van der Waals surface area contributed by atoms with Crippen molar-refractivity contribution in [1.82, 2.24) is 24.8 Å². The van der Waals surface area contributed by atoms with Crippen LogP contribution in [0.15, 0.2) is 69.5 Å². The second-order valence-electron chi connectivity index (χ2n) is 18.5. The lowest BCUT2D eigenvalue weighted by molar-refractivity contribution is 0.0582. The third-order valence-corrected chi connectivity index (χ3v) is 12.7. The van der Waals surface area contributed by atoms with Gasteiger partial charge in [-0.15, -0.1) is 23.2 Å². The van der Waals surface area contributed by atoms with E-state index >= 15 is 0 Å². The minimum atomic E-state index is -0.604. The predicted molar refractivity (Wildman–Crippen MR) is 262 cm³/mol. The number of Topliss-reactive ketones (excluding diaryl/α,β-unsaturated/α-hetero) is 1. The number of benzene rings is 4. The van der Waals surface area contributed by atoms with E-state index in [1.54, 1.807) is 30.9 Å². The maximum atomic E-state index is 13.8.